The van der Waals surface area contributed by atoms with Gasteiger partial charge in [0.05, 0.1) is 0 Å². The summed E-state index contributed by atoms with van der Waals surface area (Å²) in [6.45, 7) is 6.47. The minimum Gasteiger partial charge on any atom is -0.484 e. The van der Waals surface area contributed by atoms with Gasteiger partial charge in [-0.3, -0.25) is 4.79 Å². The molecule has 0 bridgehead atoms. The molecule has 1 aromatic rings. The summed E-state index contributed by atoms with van der Waals surface area (Å²) in [4.78, 5) is 14.2. The summed E-state index contributed by atoms with van der Waals surface area (Å²) in [7, 11) is 0. The predicted octanol–water partition coefficient (Wildman–Crippen LogP) is 2.79. The van der Waals surface area contributed by atoms with Crippen LogP contribution < -0.4 is 10.1 Å². The number of carbonyl (C=O) groups is 1. The molecule has 1 saturated heterocycles. The first-order chi connectivity index (χ1) is 10.3. The number of likely N-dealkylation sites (tertiary alicyclic amines) is 1. The van der Waals surface area contributed by atoms with Crippen LogP contribution in [0.15, 0.2) is 24.3 Å². The second-order valence-corrected chi connectivity index (χ2v) is 5.66. The summed E-state index contributed by atoms with van der Waals surface area (Å²) < 4.78 is 5.52. The molecule has 1 aromatic carbocycles. The molecule has 1 aliphatic rings. The van der Waals surface area contributed by atoms with Crippen LogP contribution in [0.4, 0.5) is 0 Å². The maximum Gasteiger partial charge on any atom is 0.257 e. The molecule has 0 spiro atoms. The quantitative estimate of drug-likeness (QED) is 0.747. The Labute approximate surface area is 139 Å². The van der Waals surface area contributed by atoms with Crippen molar-refractivity contribution < 1.29 is 9.53 Å². The fourth-order valence-corrected chi connectivity index (χ4v) is 2.61. The van der Waals surface area contributed by atoms with Gasteiger partial charge in [-0.1, -0.05) is 18.2 Å². The summed E-state index contributed by atoms with van der Waals surface area (Å²) in [6.07, 6.45) is 4.87. The lowest BCUT2D eigenvalue weighted by Crippen LogP contribution is -2.30. The Morgan fingerprint density at radius 2 is 1.95 bits per heavy atom. The molecule has 0 radical (unpaired) electrons. The molecule has 1 heterocycles. The Kier molecular flexibility index (Phi) is 8.94. The van der Waals surface area contributed by atoms with Crippen molar-refractivity contribution in [2.75, 3.05) is 32.8 Å². The SMILES string of the molecule is Cc1ccccc1OCC(=O)NCCCCN1CCCC1.Cl. The Balaban J connectivity index is 0.00000242. The van der Waals surface area contributed by atoms with Crippen LogP contribution in [0.2, 0.25) is 0 Å². The number of rotatable bonds is 8. The largest absolute Gasteiger partial charge is 0.484 e. The van der Waals surface area contributed by atoms with Crippen molar-refractivity contribution in [1.82, 2.24) is 10.2 Å². The molecule has 1 fully saturated rings. The van der Waals surface area contributed by atoms with E-state index in [2.05, 4.69) is 10.2 Å². The van der Waals surface area contributed by atoms with E-state index in [1.165, 1.54) is 25.9 Å². The van der Waals surface area contributed by atoms with Crippen molar-refractivity contribution >= 4 is 18.3 Å². The molecule has 2 rings (SSSR count). The predicted molar refractivity (Wildman–Crippen MR) is 91.8 cm³/mol. The fourth-order valence-electron chi connectivity index (χ4n) is 2.61. The van der Waals surface area contributed by atoms with Gasteiger partial charge in [0.1, 0.15) is 5.75 Å². The van der Waals surface area contributed by atoms with Crippen LogP contribution in [0, 0.1) is 6.92 Å². The first-order valence-electron chi connectivity index (χ1n) is 7.93. The molecule has 4 nitrogen and oxygen atoms in total. The number of ether oxygens (including phenoxy) is 1. The fraction of sp³-hybridized carbons (Fsp3) is 0.588. The maximum atomic E-state index is 11.7. The summed E-state index contributed by atoms with van der Waals surface area (Å²) in [5.41, 5.74) is 1.05. The Bertz CT molecular complexity index is 448. The van der Waals surface area contributed by atoms with Crippen molar-refractivity contribution in [2.24, 2.45) is 0 Å². The van der Waals surface area contributed by atoms with E-state index in [1.54, 1.807) is 0 Å². The molecule has 0 unspecified atom stereocenters. The Hall–Kier alpha value is -1.26. The summed E-state index contributed by atoms with van der Waals surface area (Å²) in [6, 6.07) is 7.74. The molecule has 0 aliphatic carbocycles. The third-order valence-corrected chi connectivity index (χ3v) is 3.87. The number of unbranched alkanes of at least 4 members (excludes halogenated alkanes) is 1. The summed E-state index contributed by atoms with van der Waals surface area (Å²) >= 11 is 0. The summed E-state index contributed by atoms with van der Waals surface area (Å²) in [5.74, 6) is 0.737. The second-order valence-electron chi connectivity index (χ2n) is 5.66. The maximum absolute atomic E-state index is 11.7. The van der Waals surface area contributed by atoms with E-state index in [4.69, 9.17) is 4.74 Å². The zero-order valence-electron chi connectivity index (χ0n) is 13.3. The molecule has 0 atom stereocenters. The third kappa shape index (κ3) is 6.67. The molecule has 5 heteroatoms. The molecule has 1 amide bonds. The Morgan fingerprint density at radius 3 is 2.68 bits per heavy atom. The third-order valence-electron chi connectivity index (χ3n) is 3.87. The Morgan fingerprint density at radius 1 is 1.23 bits per heavy atom. The van der Waals surface area contributed by atoms with Crippen LogP contribution in [0.3, 0.4) is 0 Å². The zero-order chi connectivity index (χ0) is 14.9. The number of nitrogens with zero attached hydrogens (tertiary/aromatic N) is 1. The lowest BCUT2D eigenvalue weighted by molar-refractivity contribution is -0.123. The van der Waals surface area contributed by atoms with Gasteiger partial charge in [-0.05, 0) is 63.9 Å². The monoisotopic (exact) mass is 326 g/mol. The second kappa shape index (κ2) is 10.5. The number of para-hydroxylation sites is 1. The van der Waals surface area contributed by atoms with E-state index in [0.29, 0.717) is 0 Å². The van der Waals surface area contributed by atoms with E-state index in [0.717, 1.165) is 37.2 Å². The lowest BCUT2D eigenvalue weighted by Gasteiger charge is -2.14. The van der Waals surface area contributed by atoms with Crippen molar-refractivity contribution in [3.8, 4) is 5.75 Å². The van der Waals surface area contributed by atoms with Crippen LogP contribution in [0.25, 0.3) is 0 Å². The first kappa shape index (κ1) is 18.8. The van der Waals surface area contributed by atoms with E-state index in [1.807, 2.05) is 31.2 Å². The zero-order valence-corrected chi connectivity index (χ0v) is 14.2. The number of benzene rings is 1. The highest BCUT2D eigenvalue weighted by atomic mass is 35.5. The lowest BCUT2D eigenvalue weighted by atomic mass is 10.2. The molecule has 22 heavy (non-hydrogen) atoms. The highest BCUT2D eigenvalue weighted by Crippen LogP contribution is 2.15. The molecule has 1 aliphatic heterocycles. The number of aryl methyl sites for hydroxylation is 1. The van der Waals surface area contributed by atoms with Gasteiger partial charge in [0.25, 0.3) is 5.91 Å². The van der Waals surface area contributed by atoms with Gasteiger partial charge < -0.3 is 15.0 Å². The van der Waals surface area contributed by atoms with Gasteiger partial charge in [0.2, 0.25) is 0 Å². The van der Waals surface area contributed by atoms with Gasteiger partial charge in [-0.2, -0.15) is 0 Å². The van der Waals surface area contributed by atoms with E-state index in [-0.39, 0.29) is 24.9 Å². The van der Waals surface area contributed by atoms with Gasteiger partial charge in [0.15, 0.2) is 6.61 Å². The van der Waals surface area contributed by atoms with Gasteiger partial charge in [-0.25, -0.2) is 0 Å². The number of nitrogens with one attached hydrogen (secondary N) is 1. The van der Waals surface area contributed by atoms with Crippen LogP contribution in [-0.2, 0) is 4.79 Å². The van der Waals surface area contributed by atoms with Gasteiger partial charge >= 0.3 is 0 Å². The standard InChI is InChI=1S/C17H26N2O2.ClH/c1-15-8-2-3-9-16(15)21-14-17(20)18-10-4-5-11-19-12-6-7-13-19;/h2-3,8-9H,4-7,10-14H2,1H3,(H,18,20);1H. The molecular formula is C17H27ClN2O2. The average Bonchev–Trinajstić information content (AvgIpc) is 2.99. The van der Waals surface area contributed by atoms with E-state index >= 15 is 0 Å². The van der Waals surface area contributed by atoms with Gasteiger partial charge in [-0.15, -0.1) is 12.4 Å². The minimum atomic E-state index is -0.0422. The molecular weight excluding hydrogens is 300 g/mol. The van der Waals surface area contributed by atoms with E-state index < -0.39 is 0 Å². The molecule has 0 saturated carbocycles. The first-order valence-corrected chi connectivity index (χ1v) is 7.93. The number of amides is 1. The van der Waals surface area contributed by atoms with E-state index in [9.17, 15) is 4.79 Å². The minimum absolute atomic E-state index is 0. The van der Waals surface area contributed by atoms with Crippen LogP contribution >= 0.6 is 12.4 Å². The molecule has 124 valence electrons. The van der Waals surface area contributed by atoms with Crippen molar-refractivity contribution in [2.45, 2.75) is 32.6 Å². The highest BCUT2D eigenvalue weighted by molar-refractivity contribution is 5.85. The van der Waals surface area contributed by atoms with Crippen LogP contribution in [-0.4, -0.2) is 43.6 Å². The van der Waals surface area contributed by atoms with Crippen molar-refractivity contribution in [3.05, 3.63) is 29.8 Å². The van der Waals surface area contributed by atoms with Crippen molar-refractivity contribution in [1.29, 1.82) is 0 Å². The number of carbonyl (C=O) groups excluding carboxylic acids is 1. The highest BCUT2D eigenvalue weighted by Gasteiger charge is 2.10. The molecule has 0 aromatic heterocycles. The number of halogens is 1. The average molecular weight is 327 g/mol. The van der Waals surface area contributed by atoms with Crippen LogP contribution in [0.1, 0.15) is 31.2 Å². The number of hydrogen-bond acceptors (Lipinski definition) is 3. The van der Waals surface area contributed by atoms with Crippen LogP contribution in [0.5, 0.6) is 5.75 Å². The smallest absolute Gasteiger partial charge is 0.257 e. The van der Waals surface area contributed by atoms with Crippen molar-refractivity contribution in [3.63, 3.8) is 0 Å². The normalized spacial score (nSPS) is 14.4. The number of hydrogen-bond donors (Lipinski definition) is 1. The summed E-state index contributed by atoms with van der Waals surface area (Å²) in [5, 5.41) is 2.92. The molecule has 1 N–H and O–H groups in total. The van der Waals surface area contributed by atoms with Gasteiger partial charge in [0, 0.05) is 6.54 Å². The topological polar surface area (TPSA) is 41.6 Å².